The highest BCUT2D eigenvalue weighted by molar-refractivity contribution is 6.34. The molecule has 138 valence electrons. The number of aryl methyl sites for hydroxylation is 1. The summed E-state index contributed by atoms with van der Waals surface area (Å²) < 4.78 is 5.83. The molecule has 0 aliphatic carbocycles. The summed E-state index contributed by atoms with van der Waals surface area (Å²) in [6.45, 7) is 2.01. The second kappa shape index (κ2) is 7.71. The van der Waals surface area contributed by atoms with Crippen LogP contribution in [0, 0.1) is 6.92 Å². The third kappa shape index (κ3) is 3.97. The maximum Gasteiger partial charge on any atom is 0.248 e. The summed E-state index contributed by atoms with van der Waals surface area (Å²) in [5.41, 5.74) is 4.80. The highest BCUT2D eigenvalue weighted by Gasteiger charge is 2.11. The Labute approximate surface area is 167 Å². The van der Waals surface area contributed by atoms with Crippen molar-refractivity contribution >= 4 is 40.4 Å². The summed E-state index contributed by atoms with van der Waals surface area (Å²) in [6, 6.07) is 20.7. The number of anilines is 1. The minimum absolute atomic E-state index is 0.268. The molecule has 0 saturated carbocycles. The van der Waals surface area contributed by atoms with Crippen molar-refractivity contribution in [3.63, 3.8) is 0 Å². The Hall–Kier alpha value is -3.37. The zero-order valence-electron chi connectivity index (χ0n) is 15.1. The standard InChI is InChI=1S/C23H17ClN2O2/c1-15-7-11-21-20(13-15)26-23(28-21)17-9-10-18(24)19(14-17)25-22(27)12-8-16-5-3-2-4-6-16/h2-14H,1H3,(H,25,27). The number of oxazole rings is 1. The number of hydrogen-bond acceptors (Lipinski definition) is 3. The molecule has 1 N–H and O–H groups in total. The lowest BCUT2D eigenvalue weighted by Gasteiger charge is -2.06. The molecule has 0 spiro atoms. The number of amides is 1. The average Bonchev–Trinajstić information content (AvgIpc) is 3.12. The van der Waals surface area contributed by atoms with E-state index < -0.39 is 0 Å². The Morgan fingerprint density at radius 2 is 1.89 bits per heavy atom. The van der Waals surface area contributed by atoms with Crippen LogP contribution in [0.5, 0.6) is 0 Å². The van der Waals surface area contributed by atoms with Gasteiger partial charge in [-0.15, -0.1) is 0 Å². The van der Waals surface area contributed by atoms with E-state index in [1.165, 1.54) is 6.08 Å². The fourth-order valence-electron chi connectivity index (χ4n) is 2.83. The summed E-state index contributed by atoms with van der Waals surface area (Å²) in [6.07, 6.45) is 3.22. The van der Waals surface area contributed by atoms with Gasteiger partial charge in [-0.1, -0.05) is 48.0 Å². The minimum Gasteiger partial charge on any atom is -0.436 e. The van der Waals surface area contributed by atoms with Gasteiger partial charge in [0.2, 0.25) is 11.8 Å². The van der Waals surface area contributed by atoms with Crippen LogP contribution in [0.3, 0.4) is 0 Å². The molecule has 0 aliphatic heterocycles. The van der Waals surface area contributed by atoms with E-state index in [1.54, 1.807) is 18.2 Å². The maximum atomic E-state index is 12.3. The molecule has 28 heavy (non-hydrogen) atoms. The Kier molecular flexibility index (Phi) is 4.96. The second-order valence-electron chi connectivity index (χ2n) is 6.42. The van der Waals surface area contributed by atoms with Crippen molar-refractivity contribution in [3.8, 4) is 11.5 Å². The Bertz CT molecular complexity index is 1180. The number of hydrogen-bond donors (Lipinski definition) is 1. The second-order valence-corrected chi connectivity index (χ2v) is 6.83. The van der Waals surface area contributed by atoms with Crippen LogP contribution >= 0.6 is 11.6 Å². The molecule has 0 radical (unpaired) electrons. The van der Waals surface area contributed by atoms with Crippen LogP contribution in [-0.2, 0) is 4.79 Å². The minimum atomic E-state index is -0.268. The van der Waals surface area contributed by atoms with Crippen molar-refractivity contribution < 1.29 is 9.21 Å². The van der Waals surface area contributed by atoms with Gasteiger partial charge in [0.25, 0.3) is 0 Å². The van der Waals surface area contributed by atoms with Crippen LogP contribution in [0.1, 0.15) is 11.1 Å². The zero-order chi connectivity index (χ0) is 19.5. The molecule has 4 aromatic rings. The number of aromatic nitrogens is 1. The van der Waals surface area contributed by atoms with Crippen LogP contribution in [0.2, 0.25) is 5.02 Å². The summed E-state index contributed by atoms with van der Waals surface area (Å²) in [5, 5.41) is 3.25. The van der Waals surface area contributed by atoms with Gasteiger partial charge in [-0.05, 0) is 54.5 Å². The number of halogens is 1. The number of nitrogens with one attached hydrogen (secondary N) is 1. The van der Waals surface area contributed by atoms with Gasteiger partial charge in [-0.3, -0.25) is 4.79 Å². The monoisotopic (exact) mass is 388 g/mol. The first kappa shape index (κ1) is 18.0. The lowest BCUT2D eigenvalue weighted by molar-refractivity contribution is -0.111. The molecule has 1 aromatic heterocycles. The first-order chi connectivity index (χ1) is 13.6. The summed E-state index contributed by atoms with van der Waals surface area (Å²) in [4.78, 5) is 16.8. The Balaban J connectivity index is 1.58. The van der Waals surface area contributed by atoms with Crippen molar-refractivity contribution in [1.82, 2.24) is 4.98 Å². The predicted molar refractivity (Wildman–Crippen MR) is 113 cm³/mol. The van der Waals surface area contributed by atoms with E-state index in [-0.39, 0.29) is 5.91 Å². The molecule has 1 heterocycles. The van der Waals surface area contributed by atoms with E-state index in [0.29, 0.717) is 22.2 Å². The largest absolute Gasteiger partial charge is 0.436 e. The van der Waals surface area contributed by atoms with Gasteiger partial charge in [0.05, 0.1) is 10.7 Å². The molecular weight excluding hydrogens is 372 g/mol. The van der Waals surface area contributed by atoms with E-state index in [1.807, 2.05) is 61.5 Å². The van der Waals surface area contributed by atoms with Gasteiger partial charge < -0.3 is 9.73 Å². The first-order valence-corrected chi connectivity index (χ1v) is 9.17. The highest BCUT2D eigenvalue weighted by Crippen LogP contribution is 2.30. The quantitative estimate of drug-likeness (QED) is 0.429. The molecule has 1 amide bonds. The van der Waals surface area contributed by atoms with E-state index in [4.69, 9.17) is 16.0 Å². The molecule has 5 heteroatoms. The van der Waals surface area contributed by atoms with Crippen LogP contribution in [0.15, 0.2) is 77.2 Å². The first-order valence-electron chi connectivity index (χ1n) is 8.80. The van der Waals surface area contributed by atoms with Gasteiger partial charge in [0.1, 0.15) is 5.52 Å². The Morgan fingerprint density at radius 3 is 2.71 bits per heavy atom. The summed E-state index contributed by atoms with van der Waals surface area (Å²) in [5.74, 6) is 0.212. The van der Waals surface area contributed by atoms with Gasteiger partial charge in [0, 0.05) is 11.6 Å². The molecule has 0 unspecified atom stereocenters. The number of benzene rings is 3. The molecule has 0 saturated heterocycles. The van der Waals surface area contributed by atoms with E-state index in [0.717, 1.165) is 22.2 Å². The topological polar surface area (TPSA) is 55.1 Å². The smallest absolute Gasteiger partial charge is 0.248 e. The SMILES string of the molecule is Cc1ccc2oc(-c3ccc(Cl)c(NC(=O)C=Cc4ccccc4)c3)nc2c1. The number of carbonyl (C=O) groups is 1. The zero-order valence-corrected chi connectivity index (χ0v) is 15.9. The van der Waals surface area contributed by atoms with Crippen molar-refractivity contribution in [2.24, 2.45) is 0 Å². The molecule has 0 fully saturated rings. The average molecular weight is 389 g/mol. The van der Waals surface area contributed by atoms with Crippen molar-refractivity contribution in [2.75, 3.05) is 5.32 Å². The van der Waals surface area contributed by atoms with Gasteiger partial charge in [-0.2, -0.15) is 0 Å². The van der Waals surface area contributed by atoms with E-state index in [9.17, 15) is 4.79 Å². The summed E-state index contributed by atoms with van der Waals surface area (Å²) >= 11 is 6.25. The number of fused-ring (bicyclic) bond motifs is 1. The molecule has 0 bridgehead atoms. The van der Waals surface area contributed by atoms with E-state index >= 15 is 0 Å². The van der Waals surface area contributed by atoms with E-state index in [2.05, 4.69) is 10.3 Å². The lowest BCUT2D eigenvalue weighted by Crippen LogP contribution is -2.08. The van der Waals surface area contributed by atoms with Crippen molar-refractivity contribution in [1.29, 1.82) is 0 Å². The molecule has 4 rings (SSSR count). The van der Waals surface area contributed by atoms with Gasteiger partial charge in [-0.25, -0.2) is 4.98 Å². The number of nitrogens with zero attached hydrogens (tertiary/aromatic N) is 1. The van der Waals surface area contributed by atoms with Crippen LogP contribution in [0.4, 0.5) is 5.69 Å². The van der Waals surface area contributed by atoms with Crippen LogP contribution in [0.25, 0.3) is 28.6 Å². The normalized spacial score (nSPS) is 11.2. The van der Waals surface area contributed by atoms with Crippen molar-refractivity contribution in [3.05, 3.63) is 89.0 Å². The van der Waals surface area contributed by atoms with Crippen LogP contribution in [-0.4, -0.2) is 10.9 Å². The van der Waals surface area contributed by atoms with Gasteiger partial charge in [0.15, 0.2) is 5.58 Å². The molecule has 4 nitrogen and oxygen atoms in total. The molecular formula is C23H17ClN2O2. The fourth-order valence-corrected chi connectivity index (χ4v) is 2.99. The fraction of sp³-hybridized carbons (Fsp3) is 0.0435. The molecule has 3 aromatic carbocycles. The maximum absolute atomic E-state index is 12.3. The molecule has 0 atom stereocenters. The van der Waals surface area contributed by atoms with Crippen molar-refractivity contribution in [2.45, 2.75) is 6.92 Å². The third-order valence-corrected chi connectivity index (χ3v) is 4.57. The number of rotatable bonds is 4. The third-order valence-electron chi connectivity index (χ3n) is 4.24. The lowest BCUT2D eigenvalue weighted by atomic mass is 10.2. The van der Waals surface area contributed by atoms with Gasteiger partial charge >= 0.3 is 0 Å². The Morgan fingerprint density at radius 1 is 1.07 bits per heavy atom. The highest BCUT2D eigenvalue weighted by atomic mass is 35.5. The van der Waals surface area contributed by atoms with Crippen LogP contribution < -0.4 is 5.32 Å². The number of carbonyl (C=O) groups excluding carboxylic acids is 1. The predicted octanol–water partition coefficient (Wildman–Crippen LogP) is 6.11. The summed E-state index contributed by atoms with van der Waals surface area (Å²) in [7, 11) is 0. The molecule has 0 aliphatic rings.